The maximum Gasteiger partial charge on any atom is 0.0810 e. The first-order chi connectivity index (χ1) is 5.93. The first kappa shape index (κ1) is 10.0. The van der Waals surface area contributed by atoms with Crippen LogP contribution in [0.1, 0.15) is 39.0 Å². The minimum absolute atomic E-state index is 0.622. The van der Waals surface area contributed by atoms with Crippen LogP contribution in [-0.2, 0) is 9.47 Å². The Balaban J connectivity index is 1.65. The third-order valence-electron chi connectivity index (χ3n) is 2.17. The van der Waals surface area contributed by atoms with Crippen LogP contribution < -0.4 is 0 Å². The predicted molar refractivity (Wildman–Crippen MR) is 49.3 cm³/mol. The molecule has 1 heterocycles. The van der Waals surface area contributed by atoms with Crippen LogP contribution in [0.15, 0.2) is 0 Å². The molecule has 1 unspecified atom stereocenters. The van der Waals surface area contributed by atoms with E-state index in [4.69, 9.17) is 9.47 Å². The van der Waals surface area contributed by atoms with Gasteiger partial charge >= 0.3 is 0 Å². The second-order valence-corrected chi connectivity index (χ2v) is 3.36. The summed E-state index contributed by atoms with van der Waals surface area (Å²) in [6.07, 6.45) is 7.10. The lowest BCUT2D eigenvalue weighted by atomic mass is 10.1. The van der Waals surface area contributed by atoms with Crippen molar-refractivity contribution >= 4 is 0 Å². The van der Waals surface area contributed by atoms with Crippen LogP contribution in [-0.4, -0.2) is 25.9 Å². The highest BCUT2D eigenvalue weighted by Crippen LogP contribution is 2.17. The van der Waals surface area contributed by atoms with E-state index in [0.717, 1.165) is 19.8 Å². The number of ether oxygens (including phenoxy) is 2. The van der Waals surface area contributed by atoms with Gasteiger partial charge in [-0.3, -0.25) is 0 Å². The normalized spacial score (nSPS) is 21.2. The Morgan fingerprint density at radius 1 is 1.25 bits per heavy atom. The van der Waals surface area contributed by atoms with Gasteiger partial charge in [0.1, 0.15) is 0 Å². The molecule has 1 rings (SSSR count). The average Bonchev–Trinajstić information content (AvgIpc) is 2.87. The second-order valence-electron chi connectivity index (χ2n) is 3.36. The van der Waals surface area contributed by atoms with Crippen molar-refractivity contribution in [1.82, 2.24) is 0 Å². The number of unbranched alkanes of at least 4 members (excludes halogenated alkanes) is 3. The van der Waals surface area contributed by atoms with Crippen molar-refractivity contribution in [1.29, 1.82) is 0 Å². The molecule has 0 saturated carbocycles. The molecule has 0 spiro atoms. The molecule has 0 aromatic carbocycles. The van der Waals surface area contributed by atoms with Crippen molar-refractivity contribution < 1.29 is 9.47 Å². The van der Waals surface area contributed by atoms with Gasteiger partial charge < -0.3 is 9.47 Å². The van der Waals surface area contributed by atoms with Crippen molar-refractivity contribution in [3.05, 3.63) is 0 Å². The summed E-state index contributed by atoms with van der Waals surface area (Å²) in [4.78, 5) is 0. The Labute approximate surface area is 75.2 Å². The van der Waals surface area contributed by atoms with Crippen molar-refractivity contribution in [2.75, 3.05) is 19.8 Å². The Bertz CT molecular complexity index is 100. The number of epoxide rings is 1. The monoisotopic (exact) mass is 172 g/mol. The van der Waals surface area contributed by atoms with Crippen LogP contribution >= 0.6 is 0 Å². The van der Waals surface area contributed by atoms with Crippen LogP contribution in [0, 0.1) is 0 Å². The zero-order valence-corrected chi connectivity index (χ0v) is 8.05. The fourth-order valence-electron chi connectivity index (χ4n) is 1.31. The number of hydrogen-bond acceptors (Lipinski definition) is 2. The number of rotatable bonds is 8. The van der Waals surface area contributed by atoms with E-state index in [1.807, 2.05) is 6.92 Å². The summed E-state index contributed by atoms with van der Waals surface area (Å²) in [6, 6.07) is 0. The molecule has 1 saturated heterocycles. The van der Waals surface area contributed by atoms with Gasteiger partial charge in [-0.1, -0.05) is 19.3 Å². The van der Waals surface area contributed by atoms with Gasteiger partial charge in [-0.2, -0.15) is 0 Å². The zero-order valence-electron chi connectivity index (χ0n) is 8.05. The van der Waals surface area contributed by atoms with Crippen LogP contribution in [0.25, 0.3) is 0 Å². The summed E-state index contributed by atoms with van der Waals surface area (Å²) < 4.78 is 10.4. The Morgan fingerprint density at radius 2 is 2.00 bits per heavy atom. The van der Waals surface area contributed by atoms with E-state index in [1.165, 1.54) is 32.1 Å². The number of hydrogen-bond donors (Lipinski definition) is 0. The average molecular weight is 172 g/mol. The van der Waals surface area contributed by atoms with Crippen LogP contribution in [0.5, 0.6) is 0 Å². The molecule has 2 heteroatoms. The van der Waals surface area contributed by atoms with Crippen molar-refractivity contribution in [3.8, 4) is 0 Å². The molecule has 72 valence electrons. The Hall–Kier alpha value is -0.0800. The zero-order chi connectivity index (χ0) is 8.65. The fraction of sp³-hybridized carbons (Fsp3) is 1.00. The molecule has 0 aromatic rings. The van der Waals surface area contributed by atoms with E-state index in [1.54, 1.807) is 0 Å². The van der Waals surface area contributed by atoms with Gasteiger partial charge in [-0.05, 0) is 19.8 Å². The highest BCUT2D eigenvalue weighted by molar-refractivity contribution is 4.68. The molecular weight excluding hydrogens is 152 g/mol. The third-order valence-corrected chi connectivity index (χ3v) is 2.17. The Morgan fingerprint density at radius 3 is 2.67 bits per heavy atom. The summed E-state index contributed by atoms with van der Waals surface area (Å²) in [7, 11) is 0. The molecule has 0 radical (unpaired) electrons. The van der Waals surface area contributed by atoms with E-state index in [9.17, 15) is 0 Å². The first-order valence-electron chi connectivity index (χ1n) is 5.13. The molecule has 0 amide bonds. The summed E-state index contributed by atoms with van der Waals surface area (Å²) in [5.41, 5.74) is 0. The molecule has 0 N–H and O–H groups in total. The molecule has 1 fully saturated rings. The van der Waals surface area contributed by atoms with Crippen molar-refractivity contribution in [2.45, 2.75) is 45.1 Å². The SMILES string of the molecule is CCOCCCCCCC1CO1. The predicted octanol–water partition coefficient (Wildman–Crippen LogP) is 2.37. The maximum atomic E-state index is 5.25. The lowest BCUT2D eigenvalue weighted by molar-refractivity contribution is 0.143. The van der Waals surface area contributed by atoms with Gasteiger partial charge in [0, 0.05) is 13.2 Å². The van der Waals surface area contributed by atoms with E-state index in [0.29, 0.717) is 6.10 Å². The molecule has 12 heavy (non-hydrogen) atoms. The highest BCUT2D eigenvalue weighted by Gasteiger charge is 2.20. The summed E-state index contributed by atoms with van der Waals surface area (Å²) in [6.45, 7) is 4.86. The van der Waals surface area contributed by atoms with Gasteiger partial charge in [0.2, 0.25) is 0 Å². The Kier molecular flexibility index (Phi) is 5.37. The highest BCUT2D eigenvalue weighted by atomic mass is 16.6. The topological polar surface area (TPSA) is 21.8 Å². The summed E-state index contributed by atoms with van der Waals surface area (Å²) >= 11 is 0. The summed E-state index contributed by atoms with van der Waals surface area (Å²) in [5, 5.41) is 0. The smallest absolute Gasteiger partial charge is 0.0810 e. The molecular formula is C10H20O2. The van der Waals surface area contributed by atoms with Crippen molar-refractivity contribution in [2.24, 2.45) is 0 Å². The second kappa shape index (κ2) is 6.44. The molecule has 1 atom stereocenters. The van der Waals surface area contributed by atoms with Gasteiger partial charge in [0.15, 0.2) is 0 Å². The maximum absolute atomic E-state index is 5.25. The molecule has 0 aromatic heterocycles. The van der Waals surface area contributed by atoms with Crippen molar-refractivity contribution in [3.63, 3.8) is 0 Å². The lowest BCUT2D eigenvalue weighted by Crippen LogP contribution is -1.93. The van der Waals surface area contributed by atoms with Crippen LogP contribution in [0.4, 0.5) is 0 Å². The van der Waals surface area contributed by atoms with Crippen LogP contribution in [0.2, 0.25) is 0 Å². The van der Waals surface area contributed by atoms with Gasteiger partial charge in [0.05, 0.1) is 12.7 Å². The van der Waals surface area contributed by atoms with Crippen LogP contribution in [0.3, 0.4) is 0 Å². The van der Waals surface area contributed by atoms with E-state index in [-0.39, 0.29) is 0 Å². The first-order valence-corrected chi connectivity index (χ1v) is 5.13. The molecule has 1 aliphatic heterocycles. The minimum Gasteiger partial charge on any atom is -0.382 e. The molecule has 2 nitrogen and oxygen atoms in total. The summed E-state index contributed by atoms with van der Waals surface area (Å²) in [5.74, 6) is 0. The standard InChI is InChI=1S/C10H20O2/c1-2-11-8-6-4-3-5-7-10-9-12-10/h10H,2-9H2,1H3. The van der Waals surface area contributed by atoms with E-state index < -0.39 is 0 Å². The molecule has 0 bridgehead atoms. The third kappa shape index (κ3) is 5.56. The van der Waals surface area contributed by atoms with E-state index >= 15 is 0 Å². The minimum atomic E-state index is 0.622. The lowest BCUT2D eigenvalue weighted by Gasteiger charge is -2.00. The van der Waals surface area contributed by atoms with Gasteiger partial charge in [0.25, 0.3) is 0 Å². The van der Waals surface area contributed by atoms with Gasteiger partial charge in [-0.25, -0.2) is 0 Å². The quantitative estimate of drug-likeness (QED) is 0.414. The largest absolute Gasteiger partial charge is 0.382 e. The fourth-order valence-corrected chi connectivity index (χ4v) is 1.31. The molecule has 1 aliphatic rings. The van der Waals surface area contributed by atoms with Gasteiger partial charge in [-0.15, -0.1) is 0 Å². The molecule has 0 aliphatic carbocycles. The van der Waals surface area contributed by atoms with E-state index in [2.05, 4.69) is 0 Å².